The number of aryl methyl sites for hydroxylation is 1. The zero-order valence-electron chi connectivity index (χ0n) is 24.5. The number of anilines is 1. The van der Waals surface area contributed by atoms with E-state index >= 15 is 0 Å². The van der Waals surface area contributed by atoms with E-state index in [0.717, 1.165) is 15.4 Å². The molecule has 224 valence electrons. The van der Waals surface area contributed by atoms with Crippen molar-refractivity contribution >= 4 is 39.1 Å². The van der Waals surface area contributed by atoms with Gasteiger partial charge in [0.1, 0.15) is 12.6 Å². The van der Waals surface area contributed by atoms with Gasteiger partial charge < -0.3 is 10.2 Å². The SMILES string of the molecule is Cc1cccc(N(CC(=O)N(Cc2cccc(Cl)c2)C(Cc2ccccc2)C(=O)NC(C)C)S(=O)(=O)c2ccccc2)c1. The first-order valence-corrected chi connectivity index (χ1v) is 15.9. The second kappa shape index (κ2) is 14.4. The van der Waals surface area contributed by atoms with E-state index in [1.807, 2.05) is 63.2 Å². The number of carbonyl (C=O) groups excluding carboxylic acids is 2. The maximum atomic E-state index is 14.4. The number of amides is 2. The standard InChI is InChI=1S/C34H36ClN3O4S/c1-25(2)36-34(40)32(22-27-13-6-4-7-14-27)37(23-28-15-11-16-29(35)21-28)33(39)24-38(30-17-10-12-26(3)20-30)43(41,42)31-18-8-5-9-19-31/h4-21,25,32H,22-24H2,1-3H3,(H,36,40). The molecule has 4 aromatic carbocycles. The largest absolute Gasteiger partial charge is 0.352 e. The highest BCUT2D eigenvalue weighted by Crippen LogP contribution is 2.26. The fourth-order valence-corrected chi connectivity index (χ4v) is 6.44. The lowest BCUT2D eigenvalue weighted by atomic mass is 10.0. The van der Waals surface area contributed by atoms with Crippen LogP contribution in [-0.2, 0) is 32.6 Å². The molecule has 0 aliphatic rings. The summed E-state index contributed by atoms with van der Waals surface area (Å²) in [6.07, 6.45) is 0.238. The number of nitrogens with one attached hydrogen (secondary N) is 1. The minimum absolute atomic E-state index is 0.0510. The zero-order valence-corrected chi connectivity index (χ0v) is 26.1. The molecule has 0 saturated heterocycles. The molecule has 0 radical (unpaired) electrons. The van der Waals surface area contributed by atoms with Gasteiger partial charge in [-0.25, -0.2) is 8.42 Å². The van der Waals surface area contributed by atoms with Crippen LogP contribution in [0.5, 0.6) is 0 Å². The Labute approximate surface area is 259 Å². The maximum Gasteiger partial charge on any atom is 0.264 e. The summed E-state index contributed by atoms with van der Waals surface area (Å²) in [5.74, 6) is -0.858. The van der Waals surface area contributed by atoms with Crippen molar-refractivity contribution in [1.82, 2.24) is 10.2 Å². The first-order chi connectivity index (χ1) is 20.5. The van der Waals surface area contributed by atoms with Gasteiger partial charge in [0, 0.05) is 24.0 Å². The molecule has 7 nitrogen and oxygen atoms in total. The van der Waals surface area contributed by atoms with Crippen LogP contribution in [0.15, 0.2) is 114 Å². The van der Waals surface area contributed by atoms with Crippen molar-refractivity contribution in [3.8, 4) is 0 Å². The van der Waals surface area contributed by atoms with Crippen LogP contribution in [0, 0.1) is 6.92 Å². The fourth-order valence-electron chi connectivity index (χ4n) is 4.80. The van der Waals surface area contributed by atoms with Gasteiger partial charge in [0.05, 0.1) is 10.6 Å². The van der Waals surface area contributed by atoms with Crippen molar-refractivity contribution in [1.29, 1.82) is 0 Å². The van der Waals surface area contributed by atoms with E-state index in [4.69, 9.17) is 11.6 Å². The topological polar surface area (TPSA) is 86.8 Å². The van der Waals surface area contributed by atoms with Crippen LogP contribution in [0.25, 0.3) is 0 Å². The van der Waals surface area contributed by atoms with Crippen LogP contribution in [0.1, 0.15) is 30.5 Å². The number of benzene rings is 4. The summed E-state index contributed by atoms with van der Waals surface area (Å²) < 4.78 is 29.1. The summed E-state index contributed by atoms with van der Waals surface area (Å²) in [5.41, 5.74) is 2.77. The minimum atomic E-state index is -4.14. The van der Waals surface area contributed by atoms with E-state index < -0.39 is 28.5 Å². The molecule has 1 atom stereocenters. The van der Waals surface area contributed by atoms with Crippen LogP contribution in [0.2, 0.25) is 5.02 Å². The van der Waals surface area contributed by atoms with Crippen LogP contribution < -0.4 is 9.62 Å². The smallest absolute Gasteiger partial charge is 0.264 e. The average molecular weight is 618 g/mol. The van der Waals surface area contributed by atoms with Crippen LogP contribution in [0.4, 0.5) is 5.69 Å². The highest BCUT2D eigenvalue weighted by molar-refractivity contribution is 7.92. The number of halogens is 1. The first-order valence-electron chi connectivity index (χ1n) is 14.1. The number of rotatable bonds is 12. The zero-order chi connectivity index (χ0) is 31.0. The molecule has 0 bridgehead atoms. The molecule has 4 aromatic rings. The van der Waals surface area contributed by atoms with Gasteiger partial charge >= 0.3 is 0 Å². The summed E-state index contributed by atoms with van der Waals surface area (Å²) in [6, 6.07) is 30.4. The third-order valence-electron chi connectivity index (χ3n) is 6.84. The van der Waals surface area contributed by atoms with Crippen LogP contribution >= 0.6 is 11.6 Å². The molecule has 0 heterocycles. The van der Waals surface area contributed by atoms with Gasteiger partial charge in [0.2, 0.25) is 11.8 Å². The van der Waals surface area contributed by atoms with Gasteiger partial charge in [0.15, 0.2) is 0 Å². The van der Waals surface area contributed by atoms with Crippen molar-refractivity contribution in [2.24, 2.45) is 0 Å². The molecule has 4 rings (SSSR count). The highest BCUT2D eigenvalue weighted by atomic mass is 35.5. The molecule has 0 aliphatic heterocycles. The average Bonchev–Trinajstić information content (AvgIpc) is 2.98. The lowest BCUT2D eigenvalue weighted by molar-refractivity contribution is -0.140. The fraction of sp³-hybridized carbons (Fsp3) is 0.235. The predicted octanol–water partition coefficient (Wildman–Crippen LogP) is 6.01. The Kier molecular flexibility index (Phi) is 10.6. The quantitative estimate of drug-likeness (QED) is 0.211. The van der Waals surface area contributed by atoms with Gasteiger partial charge in [-0.1, -0.05) is 84.4 Å². The Morgan fingerprint density at radius 2 is 1.44 bits per heavy atom. The Hall–Kier alpha value is -4.14. The first kappa shape index (κ1) is 31.8. The summed E-state index contributed by atoms with van der Waals surface area (Å²) in [6.45, 7) is 5.10. The molecule has 1 unspecified atom stereocenters. The summed E-state index contributed by atoms with van der Waals surface area (Å²) in [4.78, 5) is 29.6. The second-order valence-electron chi connectivity index (χ2n) is 10.7. The number of nitrogens with zero attached hydrogens (tertiary/aromatic N) is 2. The molecule has 0 fully saturated rings. The highest BCUT2D eigenvalue weighted by Gasteiger charge is 2.34. The van der Waals surface area contributed by atoms with Crippen molar-refractivity contribution in [3.05, 3.63) is 131 Å². The van der Waals surface area contributed by atoms with Crippen LogP contribution in [-0.4, -0.2) is 43.8 Å². The number of hydrogen-bond acceptors (Lipinski definition) is 4. The van der Waals surface area contributed by atoms with E-state index in [1.54, 1.807) is 54.6 Å². The molecular formula is C34H36ClN3O4S. The molecule has 9 heteroatoms. The number of hydrogen-bond donors (Lipinski definition) is 1. The van der Waals surface area contributed by atoms with Gasteiger partial charge in [-0.15, -0.1) is 0 Å². The Morgan fingerprint density at radius 3 is 2.07 bits per heavy atom. The van der Waals surface area contributed by atoms with Crippen molar-refractivity contribution in [2.45, 2.75) is 50.7 Å². The number of sulfonamides is 1. The summed E-state index contributed by atoms with van der Waals surface area (Å²) in [5, 5.41) is 3.44. The normalized spacial score (nSPS) is 12.0. The number of carbonyl (C=O) groups is 2. The minimum Gasteiger partial charge on any atom is -0.352 e. The molecule has 0 aliphatic carbocycles. The summed E-state index contributed by atoms with van der Waals surface area (Å²) >= 11 is 6.29. The maximum absolute atomic E-state index is 14.4. The lowest BCUT2D eigenvalue weighted by Crippen LogP contribution is -2.54. The second-order valence-corrected chi connectivity index (χ2v) is 13.0. The van der Waals surface area contributed by atoms with E-state index in [9.17, 15) is 18.0 Å². The van der Waals surface area contributed by atoms with Crippen LogP contribution in [0.3, 0.4) is 0 Å². The van der Waals surface area contributed by atoms with Crippen molar-refractivity contribution in [3.63, 3.8) is 0 Å². The van der Waals surface area contributed by atoms with E-state index in [2.05, 4.69) is 5.32 Å². The Balaban J connectivity index is 1.80. The van der Waals surface area contributed by atoms with Crippen molar-refractivity contribution < 1.29 is 18.0 Å². The van der Waals surface area contributed by atoms with Gasteiger partial charge in [-0.05, 0) is 73.9 Å². The molecule has 1 N–H and O–H groups in total. The Morgan fingerprint density at radius 1 is 0.814 bits per heavy atom. The molecule has 0 spiro atoms. The van der Waals surface area contributed by atoms with Gasteiger partial charge in [-0.2, -0.15) is 0 Å². The lowest BCUT2D eigenvalue weighted by Gasteiger charge is -2.34. The van der Waals surface area contributed by atoms with Crippen molar-refractivity contribution in [2.75, 3.05) is 10.8 Å². The monoisotopic (exact) mass is 617 g/mol. The Bertz CT molecular complexity index is 1650. The van der Waals surface area contributed by atoms with Gasteiger partial charge in [-0.3, -0.25) is 13.9 Å². The predicted molar refractivity (Wildman–Crippen MR) is 171 cm³/mol. The molecule has 0 aromatic heterocycles. The molecule has 2 amide bonds. The summed E-state index contributed by atoms with van der Waals surface area (Å²) in [7, 11) is -4.14. The molecule has 43 heavy (non-hydrogen) atoms. The van der Waals surface area contributed by atoms with E-state index in [-0.39, 0.29) is 29.8 Å². The third-order valence-corrected chi connectivity index (χ3v) is 8.87. The molecule has 0 saturated carbocycles. The third kappa shape index (κ3) is 8.46. The molecular weight excluding hydrogens is 582 g/mol. The van der Waals surface area contributed by atoms with E-state index in [0.29, 0.717) is 16.3 Å². The van der Waals surface area contributed by atoms with E-state index in [1.165, 1.54) is 17.0 Å². The van der Waals surface area contributed by atoms with Gasteiger partial charge in [0.25, 0.3) is 10.0 Å².